The first-order valence-electron chi connectivity index (χ1n) is 12.7. The van der Waals surface area contributed by atoms with E-state index in [0.717, 1.165) is 6.07 Å². The SMILES string of the molecule is CCc1c(C(=O)O)cc(O)c(O)c1O.COc1cc(C=O)ccc1O.Cc1cccc(C(=O)O)c1O.NC(=O)c1cccnc1. The summed E-state index contributed by atoms with van der Waals surface area (Å²) in [5, 5.41) is 63.1. The molecule has 0 saturated carbocycles. The number of methoxy groups -OCH3 is 1. The Bertz CT molecular complexity index is 1640. The number of amides is 1. The zero-order valence-electron chi connectivity index (χ0n) is 24.3. The highest BCUT2D eigenvalue weighted by Crippen LogP contribution is 2.39. The highest BCUT2D eigenvalue weighted by Gasteiger charge is 2.19. The van der Waals surface area contributed by atoms with E-state index in [2.05, 4.69) is 4.98 Å². The Balaban J connectivity index is 0.000000303. The van der Waals surface area contributed by atoms with Gasteiger partial charge < -0.3 is 46.2 Å². The highest BCUT2D eigenvalue weighted by molar-refractivity contribution is 5.92. The van der Waals surface area contributed by atoms with E-state index in [4.69, 9.17) is 36.0 Å². The van der Waals surface area contributed by atoms with Crippen LogP contribution in [0, 0.1) is 6.92 Å². The molecule has 0 atom stereocenters. The summed E-state index contributed by atoms with van der Waals surface area (Å²) >= 11 is 0. The van der Waals surface area contributed by atoms with Crippen LogP contribution in [0.3, 0.4) is 0 Å². The average molecular weight is 625 g/mol. The zero-order chi connectivity index (χ0) is 34.3. The molecule has 238 valence electrons. The first-order chi connectivity index (χ1) is 21.2. The number of pyridine rings is 1. The number of primary amides is 1. The second kappa shape index (κ2) is 17.6. The number of para-hydroxylation sites is 1. The lowest BCUT2D eigenvalue weighted by molar-refractivity contribution is 0.0683. The smallest absolute Gasteiger partial charge is 0.339 e. The van der Waals surface area contributed by atoms with Crippen molar-refractivity contribution < 1.29 is 59.7 Å². The van der Waals surface area contributed by atoms with Gasteiger partial charge >= 0.3 is 11.9 Å². The van der Waals surface area contributed by atoms with Crippen LogP contribution in [0.25, 0.3) is 0 Å². The molecule has 0 aliphatic heterocycles. The first kappa shape index (κ1) is 36.7. The third kappa shape index (κ3) is 10.8. The number of carbonyl (C=O) groups is 4. The maximum absolute atomic E-state index is 10.7. The van der Waals surface area contributed by atoms with Crippen LogP contribution in [0.1, 0.15) is 59.5 Å². The number of phenols is 5. The fourth-order valence-electron chi connectivity index (χ4n) is 3.34. The predicted molar refractivity (Wildman–Crippen MR) is 160 cm³/mol. The molecule has 1 heterocycles. The minimum absolute atomic E-state index is 0.0399. The summed E-state index contributed by atoms with van der Waals surface area (Å²) in [4.78, 5) is 45.4. The van der Waals surface area contributed by atoms with E-state index in [0.29, 0.717) is 28.7 Å². The van der Waals surface area contributed by atoms with E-state index in [1.165, 1.54) is 37.6 Å². The second-order valence-corrected chi connectivity index (χ2v) is 8.71. The molecule has 45 heavy (non-hydrogen) atoms. The summed E-state index contributed by atoms with van der Waals surface area (Å²) in [7, 11) is 1.43. The van der Waals surface area contributed by atoms with Crippen LogP contribution in [0.2, 0.25) is 0 Å². The monoisotopic (exact) mass is 624 g/mol. The topological polar surface area (TPSA) is 258 Å². The lowest BCUT2D eigenvalue weighted by Crippen LogP contribution is -2.10. The fraction of sp³-hybridized carbons (Fsp3) is 0.129. The molecule has 3 aromatic carbocycles. The number of rotatable bonds is 6. The Labute approximate surface area is 256 Å². The number of phenolic OH excluding ortho intramolecular Hbond substituents is 4. The van der Waals surface area contributed by atoms with Gasteiger partial charge in [-0.2, -0.15) is 0 Å². The Kier molecular flexibility index (Phi) is 14.4. The number of nitrogens with two attached hydrogens (primary N) is 1. The number of hydrogen-bond acceptors (Lipinski definition) is 11. The van der Waals surface area contributed by atoms with E-state index in [1.54, 1.807) is 44.3 Å². The van der Waals surface area contributed by atoms with E-state index < -0.39 is 35.1 Å². The number of carboxylic acids is 2. The van der Waals surface area contributed by atoms with Gasteiger partial charge in [-0.15, -0.1) is 0 Å². The molecular weight excluding hydrogens is 592 g/mol. The van der Waals surface area contributed by atoms with Crippen molar-refractivity contribution in [3.8, 4) is 34.5 Å². The molecule has 0 saturated heterocycles. The van der Waals surface area contributed by atoms with Gasteiger partial charge in [0.15, 0.2) is 23.0 Å². The molecule has 1 aromatic heterocycles. The van der Waals surface area contributed by atoms with Gasteiger partial charge in [0.05, 0.1) is 18.2 Å². The number of hydrogen-bond donors (Lipinski definition) is 8. The summed E-state index contributed by atoms with van der Waals surface area (Å²) in [6.07, 6.45) is 3.97. The molecule has 9 N–H and O–H groups in total. The number of carboxylic acid groups (broad SMARTS) is 2. The summed E-state index contributed by atoms with van der Waals surface area (Å²) < 4.78 is 4.78. The van der Waals surface area contributed by atoms with Crippen LogP contribution in [0.15, 0.2) is 67.0 Å². The molecule has 1 amide bonds. The molecular formula is C31H32N2O12. The third-order valence-electron chi connectivity index (χ3n) is 5.70. The van der Waals surface area contributed by atoms with Gasteiger partial charge in [0, 0.05) is 23.5 Å². The van der Waals surface area contributed by atoms with Gasteiger partial charge in [-0.25, -0.2) is 9.59 Å². The molecule has 0 aliphatic rings. The molecule has 4 rings (SSSR count). The number of aryl methyl sites for hydroxylation is 1. The van der Waals surface area contributed by atoms with Crippen molar-refractivity contribution in [2.24, 2.45) is 5.73 Å². The van der Waals surface area contributed by atoms with E-state index in [-0.39, 0.29) is 34.6 Å². The van der Waals surface area contributed by atoms with Crippen LogP contribution < -0.4 is 10.5 Å². The Hall–Kier alpha value is -6.31. The average Bonchev–Trinajstić information content (AvgIpc) is 3.02. The van der Waals surface area contributed by atoms with Crippen LogP contribution in [-0.2, 0) is 6.42 Å². The fourth-order valence-corrected chi connectivity index (χ4v) is 3.34. The van der Waals surface area contributed by atoms with Crippen LogP contribution >= 0.6 is 0 Å². The van der Waals surface area contributed by atoms with Gasteiger partial charge in [-0.05, 0) is 61.4 Å². The van der Waals surface area contributed by atoms with Crippen molar-refractivity contribution in [2.75, 3.05) is 7.11 Å². The largest absolute Gasteiger partial charge is 0.507 e. The maximum atomic E-state index is 10.7. The summed E-state index contributed by atoms with van der Waals surface area (Å²) in [6, 6.07) is 13.2. The number of carbonyl (C=O) groups excluding carboxylic acids is 2. The minimum atomic E-state index is -1.26. The van der Waals surface area contributed by atoms with Gasteiger partial charge in [0.25, 0.3) is 0 Å². The van der Waals surface area contributed by atoms with Crippen LogP contribution in [0.4, 0.5) is 0 Å². The van der Waals surface area contributed by atoms with Gasteiger partial charge in [-0.1, -0.05) is 19.1 Å². The van der Waals surface area contributed by atoms with Crippen molar-refractivity contribution in [1.29, 1.82) is 0 Å². The van der Waals surface area contributed by atoms with Crippen LogP contribution in [0.5, 0.6) is 34.5 Å². The molecule has 14 nitrogen and oxygen atoms in total. The zero-order valence-corrected chi connectivity index (χ0v) is 24.3. The highest BCUT2D eigenvalue weighted by atomic mass is 16.5. The van der Waals surface area contributed by atoms with Gasteiger partial charge in [0.1, 0.15) is 17.6 Å². The summed E-state index contributed by atoms with van der Waals surface area (Å²) in [6.45, 7) is 3.29. The molecule has 0 fully saturated rings. The molecule has 14 heteroatoms. The summed E-state index contributed by atoms with van der Waals surface area (Å²) in [5.74, 6) is -4.51. The Morgan fingerprint density at radius 3 is 1.93 bits per heavy atom. The minimum Gasteiger partial charge on any atom is -0.507 e. The molecule has 4 aromatic rings. The Morgan fingerprint density at radius 2 is 1.49 bits per heavy atom. The number of aromatic carboxylic acids is 2. The van der Waals surface area contributed by atoms with Crippen molar-refractivity contribution in [1.82, 2.24) is 4.98 Å². The lowest BCUT2D eigenvalue weighted by Gasteiger charge is -2.09. The number of aromatic nitrogens is 1. The standard InChI is InChI=1S/C9H10O5.2C8H8O3.C6H6N2O/c1-2-4-5(9(13)14)3-6(10)8(12)7(4)11;1-11-8-4-6(5-9)2-3-7(8)10;1-5-3-2-4-6(7(5)9)8(10)11;7-6(9)5-2-1-3-8-4-5/h3,10-12H,2H2,1H3,(H,13,14);2-5,10H,1H3;2-4,9H,1H3,(H,10,11);1-4H,(H2,7,9). The number of benzene rings is 3. The van der Waals surface area contributed by atoms with Crippen molar-refractivity contribution in [2.45, 2.75) is 20.3 Å². The first-order valence-corrected chi connectivity index (χ1v) is 12.7. The number of aromatic hydroxyl groups is 5. The van der Waals surface area contributed by atoms with E-state index in [1.807, 2.05) is 0 Å². The van der Waals surface area contributed by atoms with E-state index >= 15 is 0 Å². The molecule has 0 aliphatic carbocycles. The molecule has 0 bridgehead atoms. The molecule has 0 unspecified atom stereocenters. The normalized spacial score (nSPS) is 9.49. The van der Waals surface area contributed by atoms with Gasteiger partial charge in [-0.3, -0.25) is 14.6 Å². The predicted octanol–water partition coefficient (Wildman–Crippen LogP) is 3.86. The van der Waals surface area contributed by atoms with Gasteiger partial charge in [0.2, 0.25) is 11.7 Å². The quantitative estimate of drug-likeness (QED) is 0.112. The maximum Gasteiger partial charge on any atom is 0.339 e. The third-order valence-corrected chi connectivity index (χ3v) is 5.70. The van der Waals surface area contributed by atoms with Crippen molar-refractivity contribution in [3.63, 3.8) is 0 Å². The Morgan fingerprint density at radius 1 is 0.844 bits per heavy atom. The van der Waals surface area contributed by atoms with Crippen molar-refractivity contribution in [3.05, 3.63) is 100 Å². The van der Waals surface area contributed by atoms with E-state index in [9.17, 15) is 29.4 Å². The molecule has 0 spiro atoms. The number of ether oxygens (including phenoxy) is 1. The second-order valence-electron chi connectivity index (χ2n) is 8.71. The number of nitrogens with zero attached hydrogens (tertiary/aromatic N) is 1. The van der Waals surface area contributed by atoms with Crippen LogP contribution in [-0.4, -0.2) is 72.0 Å². The summed E-state index contributed by atoms with van der Waals surface area (Å²) in [5.41, 5.74) is 6.28. The number of aldehydes is 1. The van der Waals surface area contributed by atoms with Crippen molar-refractivity contribution >= 4 is 24.1 Å². The molecule has 0 radical (unpaired) electrons. The lowest BCUT2D eigenvalue weighted by atomic mass is 10.0.